The summed E-state index contributed by atoms with van der Waals surface area (Å²) in [4.78, 5) is 22.6. The van der Waals surface area contributed by atoms with Crippen LogP contribution in [0.1, 0.15) is 35.5 Å². The first kappa shape index (κ1) is 16.1. The highest BCUT2D eigenvalue weighted by atomic mass is 32.1. The monoisotopic (exact) mass is 318 g/mol. The molecule has 0 unspecified atom stereocenters. The molecular weight excluding hydrogens is 300 g/mol. The average Bonchev–Trinajstić information content (AvgIpc) is 2.87. The standard InChI is InChI=1S/C15H18N4O2S/c1-9(20)7-14-18-19-15(22-14)13(17-10(2)21)8-11-3-5-12(16)6-4-11/h3-6,13H,7-8,16H2,1-2H3,(H,17,21)/t13-/m0/s1. The third-order valence-electron chi connectivity index (χ3n) is 2.98. The zero-order valence-corrected chi connectivity index (χ0v) is 13.3. The molecular formula is C15H18N4O2S. The molecule has 3 N–H and O–H groups in total. The van der Waals surface area contributed by atoms with Gasteiger partial charge in [0.1, 0.15) is 15.8 Å². The van der Waals surface area contributed by atoms with Gasteiger partial charge in [-0.1, -0.05) is 23.5 Å². The molecule has 0 radical (unpaired) electrons. The molecule has 0 aliphatic carbocycles. The number of rotatable bonds is 6. The number of aromatic nitrogens is 2. The predicted octanol–water partition coefficient (Wildman–Crippen LogP) is 1.67. The maximum Gasteiger partial charge on any atom is 0.217 e. The van der Waals surface area contributed by atoms with E-state index in [4.69, 9.17) is 5.73 Å². The van der Waals surface area contributed by atoms with Gasteiger partial charge in [0, 0.05) is 12.6 Å². The summed E-state index contributed by atoms with van der Waals surface area (Å²) in [6, 6.07) is 7.21. The first-order valence-electron chi connectivity index (χ1n) is 6.87. The van der Waals surface area contributed by atoms with Crippen LogP contribution in [0, 0.1) is 0 Å². The Morgan fingerprint density at radius 3 is 2.50 bits per heavy atom. The fourth-order valence-corrected chi connectivity index (χ4v) is 2.99. The fourth-order valence-electron chi connectivity index (χ4n) is 2.03. The molecule has 0 fully saturated rings. The maximum atomic E-state index is 11.4. The number of anilines is 1. The van der Waals surface area contributed by atoms with Gasteiger partial charge in [-0.15, -0.1) is 10.2 Å². The van der Waals surface area contributed by atoms with E-state index in [1.807, 2.05) is 24.3 Å². The van der Waals surface area contributed by atoms with Crippen LogP contribution in [0.2, 0.25) is 0 Å². The number of carbonyl (C=O) groups is 2. The third-order valence-corrected chi connectivity index (χ3v) is 4.01. The minimum Gasteiger partial charge on any atom is -0.399 e. The second-order valence-electron chi connectivity index (χ2n) is 5.11. The minimum atomic E-state index is -0.265. The van der Waals surface area contributed by atoms with Crippen LogP contribution in [0.25, 0.3) is 0 Å². The first-order chi connectivity index (χ1) is 10.4. The molecule has 6 nitrogen and oxygen atoms in total. The van der Waals surface area contributed by atoms with E-state index in [0.717, 1.165) is 5.56 Å². The Labute approximate surface area is 132 Å². The molecule has 2 rings (SSSR count). The summed E-state index contributed by atoms with van der Waals surface area (Å²) in [6.45, 7) is 2.98. The zero-order chi connectivity index (χ0) is 16.1. The second-order valence-corrected chi connectivity index (χ2v) is 6.21. The van der Waals surface area contributed by atoms with Crippen molar-refractivity contribution in [2.75, 3.05) is 5.73 Å². The van der Waals surface area contributed by atoms with Gasteiger partial charge in [-0.05, 0) is 31.0 Å². The number of hydrogen-bond donors (Lipinski definition) is 2. The Hall–Kier alpha value is -2.28. The topological polar surface area (TPSA) is 98.0 Å². The van der Waals surface area contributed by atoms with Gasteiger partial charge in [0.2, 0.25) is 5.91 Å². The van der Waals surface area contributed by atoms with Gasteiger partial charge < -0.3 is 11.1 Å². The normalized spacial score (nSPS) is 11.9. The van der Waals surface area contributed by atoms with E-state index in [0.29, 0.717) is 22.1 Å². The molecule has 116 valence electrons. The van der Waals surface area contributed by atoms with Gasteiger partial charge in [-0.3, -0.25) is 9.59 Å². The number of carbonyl (C=O) groups excluding carboxylic acids is 2. The number of amides is 1. The first-order valence-corrected chi connectivity index (χ1v) is 7.69. The number of Topliss-reactive ketones (excluding diaryl/α,β-unsaturated/α-hetero) is 1. The lowest BCUT2D eigenvalue weighted by atomic mass is 10.1. The van der Waals surface area contributed by atoms with Crippen molar-refractivity contribution in [2.45, 2.75) is 32.7 Å². The van der Waals surface area contributed by atoms with Crippen molar-refractivity contribution in [1.29, 1.82) is 0 Å². The van der Waals surface area contributed by atoms with E-state index in [1.54, 1.807) is 0 Å². The number of nitrogen functional groups attached to an aromatic ring is 1. The molecule has 22 heavy (non-hydrogen) atoms. The molecule has 1 aromatic carbocycles. The molecule has 1 aromatic heterocycles. The second kappa shape index (κ2) is 7.13. The largest absolute Gasteiger partial charge is 0.399 e. The Balaban J connectivity index is 2.18. The summed E-state index contributed by atoms with van der Waals surface area (Å²) < 4.78 is 0. The van der Waals surface area contributed by atoms with Crippen molar-refractivity contribution in [1.82, 2.24) is 15.5 Å². The summed E-state index contributed by atoms with van der Waals surface area (Å²) in [5, 5.41) is 12.4. The lowest BCUT2D eigenvalue weighted by Gasteiger charge is -2.15. The van der Waals surface area contributed by atoms with Crippen molar-refractivity contribution in [3.63, 3.8) is 0 Å². The molecule has 1 atom stereocenters. The van der Waals surface area contributed by atoms with Crippen LogP contribution < -0.4 is 11.1 Å². The zero-order valence-electron chi connectivity index (χ0n) is 12.5. The Kier molecular flexibility index (Phi) is 5.21. The Morgan fingerprint density at radius 1 is 1.23 bits per heavy atom. The summed E-state index contributed by atoms with van der Waals surface area (Å²) >= 11 is 1.35. The summed E-state index contributed by atoms with van der Waals surface area (Å²) in [6.07, 6.45) is 0.862. The van der Waals surface area contributed by atoms with E-state index >= 15 is 0 Å². The van der Waals surface area contributed by atoms with Crippen molar-refractivity contribution in [2.24, 2.45) is 0 Å². The lowest BCUT2D eigenvalue weighted by Crippen LogP contribution is -2.27. The Morgan fingerprint density at radius 2 is 1.91 bits per heavy atom. The van der Waals surface area contributed by atoms with E-state index in [9.17, 15) is 9.59 Å². The number of nitrogens with two attached hydrogens (primary N) is 1. The number of nitrogens with zero attached hydrogens (tertiary/aromatic N) is 2. The van der Waals surface area contributed by atoms with Gasteiger partial charge in [-0.25, -0.2) is 0 Å². The van der Waals surface area contributed by atoms with Gasteiger partial charge in [-0.2, -0.15) is 0 Å². The SMILES string of the molecule is CC(=O)Cc1nnc([C@H](Cc2ccc(N)cc2)NC(C)=O)s1. The van der Waals surface area contributed by atoms with Crippen LogP contribution in [0.15, 0.2) is 24.3 Å². The smallest absolute Gasteiger partial charge is 0.217 e. The molecule has 7 heteroatoms. The molecule has 0 aliphatic heterocycles. The highest BCUT2D eigenvalue weighted by Crippen LogP contribution is 2.23. The van der Waals surface area contributed by atoms with Gasteiger partial charge in [0.25, 0.3) is 0 Å². The molecule has 0 saturated carbocycles. The third kappa shape index (κ3) is 4.63. The van der Waals surface area contributed by atoms with Crippen LogP contribution in [-0.2, 0) is 22.4 Å². The molecule has 0 bridgehead atoms. The molecule has 0 spiro atoms. The molecule has 0 saturated heterocycles. The minimum absolute atomic E-state index is 0.0392. The quantitative estimate of drug-likeness (QED) is 0.790. The summed E-state index contributed by atoms with van der Waals surface area (Å²) in [5.41, 5.74) is 7.41. The number of hydrogen-bond acceptors (Lipinski definition) is 6. The van der Waals surface area contributed by atoms with Gasteiger partial charge in [0.05, 0.1) is 12.5 Å². The molecule has 0 aliphatic rings. The highest BCUT2D eigenvalue weighted by Gasteiger charge is 2.19. The van der Waals surface area contributed by atoms with E-state index in [2.05, 4.69) is 15.5 Å². The lowest BCUT2D eigenvalue weighted by molar-refractivity contribution is -0.119. The van der Waals surface area contributed by atoms with Crippen LogP contribution in [0.5, 0.6) is 0 Å². The van der Waals surface area contributed by atoms with Crippen LogP contribution >= 0.6 is 11.3 Å². The summed E-state index contributed by atoms with van der Waals surface area (Å²) in [5.74, 6) is -0.0962. The molecule has 1 amide bonds. The van der Waals surface area contributed by atoms with Gasteiger partial charge in [0.15, 0.2) is 0 Å². The Bertz CT molecular complexity index is 666. The number of nitrogens with one attached hydrogen (secondary N) is 1. The number of benzene rings is 1. The van der Waals surface area contributed by atoms with E-state index in [1.165, 1.54) is 25.2 Å². The average molecular weight is 318 g/mol. The van der Waals surface area contributed by atoms with Crippen LogP contribution in [-0.4, -0.2) is 21.9 Å². The molecule has 2 aromatic rings. The number of ketones is 1. The summed E-state index contributed by atoms with van der Waals surface area (Å²) in [7, 11) is 0. The molecule has 1 heterocycles. The van der Waals surface area contributed by atoms with Crippen molar-refractivity contribution in [3.05, 3.63) is 39.8 Å². The van der Waals surface area contributed by atoms with Crippen molar-refractivity contribution >= 4 is 28.7 Å². The van der Waals surface area contributed by atoms with Crippen molar-refractivity contribution in [3.8, 4) is 0 Å². The van der Waals surface area contributed by atoms with Crippen LogP contribution in [0.4, 0.5) is 5.69 Å². The highest BCUT2D eigenvalue weighted by molar-refractivity contribution is 7.11. The van der Waals surface area contributed by atoms with Crippen molar-refractivity contribution < 1.29 is 9.59 Å². The van der Waals surface area contributed by atoms with E-state index < -0.39 is 0 Å². The van der Waals surface area contributed by atoms with Gasteiger partial charge >= 0.3 is 0 Å². The van der Waals surface area contributed by atoms with E-state index in [-0.39, 0.29) is 24.2 Å². The van der Waals surface area contributed by atoms with Crippen LogP contribution in [0.3, 0.4) is 0 Å². The predicted molar refractivity (Wildman–Crippen MR) is 85.4 cm³/mol. The fraction of sp³-hybridized carbons (Fsp3) is 0.333. The maximum absolute atomic E-state index is 11.4.